The van der Waals surface area contributed by atoms with Crippen LogP contribution in [0.2, 0.25) is 0 Å². The van der Waals surface area contributed by atoms with Crippen molar-refractivity contribution >= 4 is 42.8 Å². The number of sulfonamides is 1. The maximum Gasteiger partial charge on any atom is 0.265 e. The van der Waals surface area contributed by atoms with Crippen LogP contribution < -0.4 is 5.56 Å². The first-order chi connectivity index (χ1) is 16.9. The monoisotopic (exact) mass is 552 g/mol. The molecule has 1 saturated heterocycles. The third-order valence-corrected chi connectivity index (χ3v) is 8.95. The summed E-state index contributed by atoms with van der Waals surface area (Å²) in [7, 11) is -3.65. The Morgan fingerprint density at radius 3 is 2.23 bits per heavy atom. The van der Waals surface area contributed by atoms with Crippen molar-refractivity contribution in [3.63, 3.8) is 0 Å². The van der Waals surface area contributed by atoms with Crippen molar-refractivity contribution in [1.29, 1.82) is 0 Å². The molecule has 1 fully saturated rings. The molecular weight excluding hydrogens is 532 g/mol. The van der Waals surface area contributed by atoms with Crippen molar-refractivity contribution in [3.8, 4) is 5.69 Å². The zero-order valence-corrected chi connectivity index (χ0v) is 20.9. The molecule has 2 heterocycles. The number of carbonyl (C=O) groups is 1. The van der Waals surface area contributed by atoms with Gasteiger partial charge >= 0.3 is 0 Å². The number of para-hydroxylation sites is 1. The lowest BCUT2D eigenvalue weighted by Crippen LogP contribution is -2.50. The molecule has 10 heteroatoms. The number of halogens is 1. The summed E-state index contributed by atoms with van der Waals surface area (Å²) in [5.41, 5.74) is 1.52. The van der Waals surface area contributed by atoms with Gasteiger partial charge in [0.05, 0.1) is 21.5 Å². The fraction of sp³-hybridized carbons (Fsp3) is 0.160. The predicted molar refractivity (Wildman–Crippen MR) is 136 cm³/mol. The Hall–Kier alpha value is -3.34. The van der Waals surface area contributed by atoms with E-state index in [0.717, 1.165) is 0 Å². The highest BCUT2D eigenvalue weighted by molar-refractivity contribution is 9.10. The number of hydrogen-bond acceptors (Lipinski definition) is 5. The van der Waals surface area contributed by atoms with Crippen LogP contribution in [0, 0.1) is 0 Å². The highest BCUT2D eigenvalue weighted by atomic mass is 79.9. The summed E-state index contributed by atoms with van der Waals surface area (Å²) in [6, 6.07) is 20.6. The predicted octanol–water partition coefficient (Wildman–Crippen LogP) is 3.29. The lowest BCUT2D eigenvalue weighted by Gasteiger charge is -2.34. The first kappa shape index (κ1) is 23.4. The van der Waals surface area contributed by atoms with Gasteiger partial charge in [0.25, 0.3) is 11.5 Å². The van der Waals surface area contributed by atoms with Crippen molar-refractivity contribution in [2.45, 2.75) is 4.90 Å². The minimum atomic E-state index is -3.65. The van der Waals surface area contributed by atoms with Crippen molar-refractivity contribution < 1.29 is 13.2 Å². The van der Waals surface area contributed by atoms with Crippen LogP contribution in [0.15, 0.2) is 93.3 Å². The smallest absolute Gasteiger partial charge is 0.265 e. The summed E-state index contributed by atoms with van der Waals surface area (Å²) in [5.74, 6) is -0.182. The van der Waals surface area contributed by atoms with Crippen molar-refractivity contribution in [3.05, 3.63) is 99.5 Å². The SMILES string of the molecule is O=C(c1ccc(-n2cnc3ccccc3c2=O)cc1)N1CCN(S(=O)(=O)c2ccccc2Br)CC1. The summed E-state index contributed by atoms with van der Waals surface area (Å²) in [5, 5.41) is 0.519. The van der Waals surface area contributed by atoms with Crippen LogP contribution in [0.1, 0.15) is 10.4 Å². The molecule has 0 atom stereocenters. The summed E-state index contributed by atoms with van der Waals surface area (Å²) in [6.45, 7) is 1.01. The van der Waals surface area contributed by atoms with E-state index in [1.54, 1.807) is 71.6 Å². The number of rotatable bonds is 4. The molecule has 4 aromatic rings. The number of nitrogens with zero attached hydrogens (tertiary/aromatic N) is 4. The van der Waals surface area contributed by atoms with Crippen molar-refractivity contribution in [2.75, 3.05) is 26.2 Å². The van der Waals surface area contributed by atoms with Crippen LogP contribution in [-0.4, -0.2) is 59.3 Å². The number of carbonyl (C=O) groups excluding carboxylic acids is 1. The van der Waals surface area contributed by atoms with E-state index < -0.39 is 10.0 Å². The van der Waals surface area contributed by atoms with Gasteiger partial charge in [0, 0.05) is 36.2 Å². The van der Waals surface area contributed by atoms with E-state index in [2.05, 4.69) is 20.9 Å². The molecule has 0 aliphatic carbocycles. The van der Waals surface area contributed by atoms with Crippen LogP contribution in [0.5, 0.6) is 0 Å². The van der Waals surface area contributed by atoms with E-state index in [1.807, 2.05) is 6.07 Å². The minimum absolute atomic E-state index is 0.182. The summed E-state index contributed by atoms with van der Waals surface area (Å²) in [6.07, 6.45) is 1.48. The highest BCUT2D eigenvalue weighted by Crippen LogP contribution is 2.25. The molecule has 5 rings (SSSR count). The molecule has 35 heavy (non-hydrogen) atoms. The largest absolute Gasteiger partial charge is 0.336 e. The molecule has 3 aromatic carbocycles. The molecule has 0 saturated carbocycles. The molecule has 0 bridgehead atoms. The minimum Gasteiger partial charge on any atom is -0.336 e. The van der Waals surface area contributed by atoms with Crippen LogP contribution in [0.25, 0.3) is 16.6 Å². The molecule has 1 aliphatic heterocycles. The second-order valence-corrected chi connectivity index (χ2v) is 10.9. The third kappa shape index (κ3) is 4.40. The lowest BCUT2D eigenvalue weighted by molar-refractivity contribution is 0.0698. The Kier molecular flexibility index (Phi) is 6.26. The van der Waals surface area contributed by atoms with E-state index in [0.29, 0.717) is 39.7 Å². The Labute approximate surface area is 210 Å². The quantitative estimate of drug-likeness (QED) is 0.387. The maximum absolute atomic E-state index is 13.0. The molecule has 0 N–H and O–H groups in total. The van der Waals surface area contributed by atoms with Gasteiger partial charge in [-0.1, -0.05) is 24.3 Å². The van der Waals surface area contributed by atoms with E-state index >= 15 is 0 Å². The number of piperazine rings is 1. The normalized spacial score (nSPS) is 14.8. The zero-order chi connectivity index (χ0) is 24.6. The highest BCUT2D eigenvalue weighted by Gasteiger charge is 2.31. The average Bonchev–Trinajstić information content (AvgIpc) is 2.89. The maximum atomic E-state index is 13.0. The number of amides is 1. The molecule has 0 unspecified atom stereocenters. The summed E-state index contributed by atoms with van der Waals surface area (Å²) in [4.78, 5) is 32.1. The first-order valence-corrected chi connectivity index (χ1v) is 13.2. The fourth-order valence-electron chi connectivity index (χ4n) is 4.12. The summed E-state index contributed by atoms with van der Waals surface area (Å²) < 4.78 is 29.4. The fourth-order valence-corrected chi connectivity index (χ4v) is 6.51. The Morgan fingerprint density at radius 2 is 1.51 bits per heavy atom. The van der Waals surface area contributed by atoms with E-state index in [-0.39, 0.29) is 29.5 Å². The van der Waals surface area contributed by atoms with E-state index in [4.69, 9.17) is 0 Å². The van der Waals surface area contributed by atoms with Gasteiger partial charge in [0.15, 0.2) is 0 Å². The van der Waals surface area contributed by atoms with E-state index in [9.17, 15) is 18.0 Å². The number of fused-ring (bicyclic) bond motifs is 1. The molecule has 1 aromatic heterocycles. The number of hydrogen-bond donors (Lipinski definition) is 0. The second-order valence-electron chi connectivity index (χ2n) is 8.11. The Balaban J connectivity index is 1.30. The van der Waals surface area contributed by atoms with Gasteiger partial charge in [-0.15, -0.1) is 0 Å². The van der Waals surface area contributed by atoms with Gasteiger partial charge in [-0.3, -0.25) is 14.2 Å². The van der Waals surface area contributed by atoms with Gasteiger partial charge in [-0.2, -0.15) is 4.31 Å². The van der Waals surface area contributed by atoms with Gasteiger partial charge < -0.3 is 4.90 Å². The van der Waals surface area contributed by atoms with Crippen LogP contribution in [0.4, 0.5) is 0 Å². The first-order valence-electron chi connectivity index (χ1n) is 11.0. The summed E-state index contributed by atoms with van der Waals surface area (Å²) >= 11 is 3.31. The Bertz CT molecular complexity index is 1580. The molecule has 1 amide bonds. The third-order valence-electron chi connectivity index (χ3n) is 6.04. The molecule has 0 spiro atoms. The topological polar surface area (TPSA) is 92.6 Å². The van der Waals surface area contributed by atoms with Crippen LogP contribution in [0.3, 0.4) is 0 Å². The number of benzene rings is 3. The van der Waals surface area contributed by atoms with Gasteiger partial charge in [-0.05, 0) is 64.5 Å². The molecule has 1 aliphatic rings. The van der Waals surface area contributed by atoms with Gasteiger partial charge in [0.1, 0.15) is 6.33 Å². The van der Waals surface area contributed by atoms with Crippen LogP contribution >= 0.6 is 15.9 Å². The standard InChI is InChI=1S/C25H21BrN4O4S/c26-21-6-2-4-8-23(21)35(33,34)29-15-13-28(14-16-29)24(31)18-9-11-19(12-10-18)30-17-27-22-7-3-1-5-20(22)25(30)32/h1-12,17H,13-16H2. The van der Waals surface area contributed by atoms with Crippen molar-refractivity contribution in [1.82, 2.24) is 18.8 Å². The Morgan fingerprint density at radius 1 is 0.857 bits per heavy atom. The van der Waals surface area contributed by atoms with Gasteiger partial charge in [0.2, 0.25) is 10.0 Å². The van der Waals surface area contributed by atoms with Gasteiger partial charge in [-0.25, -0.2) is 13.4 Å². The number of aromatic nitrogens is 2. The second kappa shape index (κ2) is 9.37. The zero-order valence-electron chi connectivity index (χ0n) is 18.5. The van der Waals surface area contributed by atoms with E-state index in [1.165, 1.54) is 15.2 Å². The lowest BCUT2D eigenvalue weighted by atomic mass is 10.1. The molecular formula is C25H21BrN4O4S. The average molecular weight is 553 g/mol. The molecule has 8 nitrogen and oxygen atoms in total. The molecule has 0 radical (unpaired) electrons. The van der Waals surface area contributed by atoms with Crippen molar-refractivity contribution in [2.24, 2.45) is 0 Å². The molecule has 178 valence electrons. The van der Waals surface area contributed by atoms with Crippen LogP contribution in [-0.2, 0) is 10.0 Å².